The quantitative estimate of drug-likeness (QED) is 0.635. The maximum absolute atomic E-state index is 9.40. The summed E-state index contributed by atoms with van der Waals surface area (Å²) in [7, 11) is 0. The number of aliphatic hydroxyl groups is 1. The lowest BCUT2D eigenvalue weighted by Gasteiger charge is -2.00. The van der Waals surface area contributed by atoms with E-state index in [1.54, 1.807) is 17.4 Å². The summed E-state index contributed by atoms with van der Waals surface area (Å²) in [5.41, 5.74) is 0.820. The highest BCUT2D eigenvalue weighted by molar-refractivity contribution is 7.80. The molecule has 0 saturated heterocycles. The van der Waals surface area contributed by atoms with Gasteiger partial charge in [0.15, 0.2) is 0 Å². The highest BCUT2D eigenvalue weighted by Crippen LogP contribution is 2.36. The molecular formula is C9H8O2S2. The lowest BCUT2D eigenvalue weighted by molar-refractivity contribution is 0.283. The Hall–Kier alpha value is -0.710. The number of thiophene rings is 1. The van der Waals surface area contributed by atoms with Gasteiger partial charge < -0.3 is 10.2 Å². The Morgan fingerprint density at radius 1 is 1.38 bits per heavy atom. The van der Waals surface area contributed by atoms with Crippen molar-refractivity contribution >= 4 is 34.1 Å². The summed E-state index contributed by atoms with van der Waals surface area (Å²) in [4.78, 5) is 0.544. The van der Waals surface area contributed by atoms with Gasteiger partial charge in [-0.25, -0.2) is 0 Å². The first-order valence-corrected chi connectivity index (χ1v) is 5.08. The molecule has 0 spiro atoms. The summed E-state index contributed by atoms with van der Waals surface area (Å²) in [6, 6.07) is 3.44. The van der Waals surface area contributed by atoms with Crippen molar-refractivity contribution in [3.05, 3.63) is 23.1 Å². The van der Waals surface area contributed by atoms with E-state index in [2.05, 4.69) is 12.6 Å². The third-order valence-corrected chi connectivity index (χ3v) is 3.39. The van der Waals surface area contributed by atoms with Crippen molar-refractivity contribution in [3.8, 4) is 5.75 Å². The summed E-state index contributed by atoms with van der Waals surface area (Å²) < 4.78 is 1.03. The first kappa shape index (κ1) is 8.87. The predicted octanol–water partition coefficient (Wildman–Crippen LogP) is 2.39. The molecule has 0 fully saturated rings. The van der Waals surface area contributed by atoms with Crippen molar-refractivity contribution in [1.29, 1.82) is 0 Å². The Balaban J connectivity index is 2.85. The van der Waals surface area contributed by atoms with E-state index in [9.17, 15) is 5.11 Å². The Labute approximate surface area is 84.9 Å². The van der Waals surface area contributed by atoms with Crippen LogP contribution in [0.15, 0.2) is 22.4 Å². The average molecular weight is 212 g/mol. The molecule has 2 aromatic rings. The number of hydrogen-bond donors (Lipinski definition) is 3. The van der Waals surface area contributed by atoms with Crippen molar-refractivity contribution in [2.75, 3.05) is 0 Å². The van der Waals surface area contributed by atoms with E-state index in [4.69, 9.17) is 5.11 Å². The van der Waals surface area contributed by atoms with Crippen LogP contribution in [0.3, 0.4) is 0 Å². The highest BCUT2D eigenvalue weighted by atomic mass is 32.1. The normalized spacial score (nSPS) is 10.9. The third kappa shape index (κ3) is 1.31. The Bertz CT molecular complexity index is 448. The Morgan fingerprint density at radius 3 is 2.85 bits per heavy atom. The van der Waals surface area contributed by atoms with Crippen molar-refractivity contribution in [2.45, 2.75) is 11.5 Å². The lowest BCUT2D eigenvalue weighted by atomic mass is 10.2. The summed E-state index contributed by atoms with van der Waals surface area (Å²) in [6.45, 7) is -0.0169. The largest absolute Gasteiger partial charge is 0.507 e. The molecular weight excluding hydrogens is 204 g/mol. The van der Waals surface area contributed by atoms with Crippen LogP contribution in [0.4, 0.5) is 0 Å². The van der Waals surface area contributed by atoms with Crippen LogP contribution in [-0.2, 0) is 6.61 Å². The van der Waals surface area contributed by atoms with Gasteiger partial charge in [0.05, 0.1) is 11.5 Å². The third-order valence-electron chi connectivity index (χ3n) is 1.94. The van der Waals surface area contributed by atoms with Gasteiger partial charge in [0.2, 0.25) is 0 Å². The van der Waals surface area contributed by atoms with Crippen LogP contribution in [0.2, 0.25) is 0 Å². The molecule has 68 valence electrons. The molecule has 1 heterocycles. The fourth-order valence-electron chi connectivity index (χ4n) is 1.28. The second-order valence-corrected chi connectivity index (χ2v) is 4.08. The van der Waals surface area contributed by atoms with Gasteiger partial charge in [-0.15, -0.1) is 24.0 Å². The summed E-state index contributed by atoms with van der Waals surface area (Å²) in [5.74, 6) is 0.156. The first-order valence-electron chi connectivity index (χ1n) is 3.76. The van der Waals surface area contributed by atoms with E-state index in [1.165, 1.54) is 0 Å². The zero-order valence-electron chi connectivity index (χ0n) is 6.69. The molecule has 0 unspecified atom stereocenters. The summed E-state index contributed by atoms with van der Waals surface area (Å²) in [6.07, 6.45) is 0. The minimum Gasteiger partial charge on any atom is -0.507 e. The van der Waals surface area contributed by atoms with Gasteiger partial charge in [0, 0.05) is 10.1 Å². The number of fused-ring (bicyclic) bond motifs is 1. The minimum absolute atomic E-state index is 0.0169. The van der Waals surface area contributed by atoms with Crippen LogP contribution in [0.5, 0.6) is 5.75 Å². The topological polar surface area (TPSA) is 40.5 Å². The zero-order valence-corrected chi connectivity index (χ0v) is 8.40. The number of phenols is 1. The smallest absolute Gasteiger partial charge is 0.129 e. The van der Waals surface area contributed by atoms with Gasteiger partial charge in [-0.3, -0.25) is 0 Å². The van der Waals surface area contributed by atoms with Crippen LogP contribution in [-0.4, -0.2) is 10.2 Å². The fourth-order valence-corrected chi connectivity index (χ4v) is 2.65. The molecule has 0 radical (unpaired) electrons. The van der Waals surface area contributed by atoms with Crippen molar-refractivity contribution in [1.82, 2.24) is 0 Å². The van der Waals surface area contributed by atoms with Crippen molar-refractivity contribution in [2.24, 2.45) is 0 Å². The van der Waals surface area contributed by atoms with Gasteiger partial charge in [-0.05, 0) is 23.1 Å². The molecule has 0 saturated carbocycles. The zero-order chi connectivity index (χ0) is 9.42. The number of hydrogen-bond acceptors (Lipinski definition) is 4. The standard InChI is InChI=1S/C9H8O2S2/c10-3-5-4-13-7-2-1-6(11)9(12)8(5)7/h1-2,4,10-12H,3H2. The van der Waals surface area contributed by atoms with E-state index in [0.717, 1.165) is 15.6 Å². The van der Waals surface area contributed by atoms with E-state index in [1.807, 2.05) is 11.4 Å². The van der Waals surface area contributed by atoms with Gasteiger partial charge in [-0.1, -0.05) is 0 Å². The molecule has 0 atom stereocenters. The van der Waals surface area contributed by atoms with E-state index < -0.39 is 0 Å². The molecule has 1 aromatic carbocycles. The maximum Gasteiger partial charge on any atom is 0.129 e. The molecule has 2 rings (SSSR count). The lowest BCUT2D eigenvalue weighted by Crippen LogP contribution is -1.80. The molecule has 0 aliphatic rings. The van der Waals surface area contributed by atoms with Crippen LogP contribution in [0.1, 0.15) is 5.56 Å². The molecule has 2 N–H and O–H groups in total. The van der Waals surface area contributed by atoms with Crippen LogP contribution in [0.25, 0.3) is 10.1 Å². The number of phenolic OH excluding ortho intramolecular Hbond substituents is 1. The molecule has 13 heavy (non-hydrogen) atoms. The number of rotatable bonds is 1. The molecule has 0 aliphatic heterocycles. The van der Waals surface area contributed by atoms with Gasteiger partial charge >= 0.3 is 0 Å². The van der Waals surface area contributed by atoms with Crippen molar-refractivity contribution in [3.63, 3.8) is 0 Å². The number of benzene rings is 1. The number of thiol groups is 1. The van der Waals surface area contributed by atoms with Crippen LogP contribution in [0, 0.1) is 0 Å². The van der Waals surface area contributed by atoms with E-state index >= 15 is 0 Å². The number of aliphatic hydroxyl groups excluding tert-OH is 1. The summed E-state index contributed by atoms with van der Waals surface area (Å²) >= 11 is 5.74. The summed E-state index contributed by atoms with van der Waals surface area (Å²) in [5, 5.41) is 21.2. The highest BCUT2D eigenvalue weighted by Gasteiger charge is 2.09. The first-order chi connectivity index (χ1) is 6.24. The van der Waals surface area contributed by atoms with E-state index in [0.29, 0.717) is 4.90 Å². The Kier molecular flexibility index (Phi) is 2.19. The molecule has 0 amide bonds. The number of aromatic hydroxyl groups is 1. The Morgan fingerprint density at radius 2 is 2.15 bits per heavy atom. The minimum atomic E-state index is -0.0169. The molecule has 4 heteroatoms. The molecule has 0 aliphatic carbocycles. The van der Waals surface area contributed by atoms with Crippen LogP contribution >= 0.6 is 24.0 Å². The monoisotopic (exact) mass is 212 g/mol. The maximum atomic E-state index is 9.40. The van der Waals surface area contributed by atoms with Crippen molar-refractivity contribution < 1.29 is 10.2 Å². The molecule has 2 nitrogen and oxygen atoms in total. The second kappa shape index (κ2) is 3.21. The van der Waals surface area contributed by atoms with Gasteiger partial charge in [0.25, 0.3) is 0 Å². The second-order valence-electron chi connectivity index (χ2n) is 2.73. The fraction of sp³-hybridized carbons (Fsp3) is 0.111. The van der Waals surface area contributed by atoms with Crippen LogP contribution < -0.4 is 0 Å². The SMILES string of the molecule is OCc1csc2ccc(O)c(S)c12. The van der Waals surface area contributed by atoms with E-state index in [-0.39, 0.29) is 12.4 Å². The van der Waals surface area contributed by atoms with Gasteiger partial charge in [0.1, 0.15) is 5.75 Å². The molecule has 0 bridgehead atoms. The predicted molar refractivity (Wildman–Crippen MR) is 56.7 cm³/mol. The molecule has 1 aromatic heterocycles. The van der Waals surface area contributed by atoms with Gasteiger partial charge in [-0.2, -0.15) is 0 Å². The average Bonchev–Trinajstić information content (AvgIpc) is 2.55.